The van der Waals surface area contributed by atoms with Gasteiger partial charge in [0.1, 0.15) is 0 Å². The van der Waals surface area contributed by atoms with Gasteiger partial charge in [0, 0.05) is 12.5 Å². The van der Waals surface area contributed by atoms with Gasteiger partial charge >= 0.3 is 5.97 Å². The van der Waals surface area contributed by atoms with Crippen molar-refractivity contribution in [1.82, 2.24) is 5.32 Å². The molecule has 7 heteroatoms. The third kappa shape index (κ3) is 6.27. The fraction of sp³-hybridized carbons (Fsp3) is 0.636. The number of carbonyl (C=O) groups is 2. The number of aryl methyl sites for hydroxylation is 1. The maximum Gasteiger partial charge on any atom is 0.306 e. The lowest BCUT2D eigenvalue weighted by Crippen LogP contribution is -2.45. The van der Waals surface area contributed by atoms with Gasteiger partial charge in [0.2, 0.25) is 5.75 Å². The lowest BCUT2D eigenvalue weighted by Gasteiger charge is -2.34. The summed E-state index contributed by atoms with van der Waals surface area (Å²) in [5.41, 5.74) is 0.853. The quantitative estimate of drug-likeness (QED) is 0.633. The van der Waals surface area contributed by atoms with Crippen LogP contribution in [0.15, 0.2) is 12.1 Å². The van der Waals surface area contributed by atoms with Crippen molar-refractivity contribution in [2.45, 2.75) is 52.0 Å². The van der Waals surface area contributed by atoms with Gasteiger partial charge in [-0.05, 0) is 42.4 Å². The SMILES string of the molecule is COc1cc(CCC(=O)OCC(=O)N[C@H]2CCC[C@H](C)[C@H]2C)cc(OC)c1OC. The normalized spacial score (nSPS) is 21.2. The van der Waals surface area contributed by atoms with Crippen LogP contribution in [-0.4, -0.2) is 45.9 Å². The summed E-state index contributed by atoms with van der Waals surface area (Å²) in [7, 11) is 4.63. The summed E-state index contributed by atoms with van der Waals surface area (Å²) in [6, 6.07) is 3.75. The molecule has 0 bridgehead atoms. The van der Waals surface area contributed by atoms with Crippen LogP contribution < -0.4 is 19.5 Å². The Bertz CT molecular complexity index is 680. The molecule has 1 aliphatic carbocycles. The summed E-state index contributed by atoms with van der Waals surface area (Å²) in [5, 5.41) is 3.01. The minimum Gasteiger partial charge on any atom is -0.493 e. The summed E-state index contributed by atoms with van der Waals surface area (Å²) in [4.78, 5) is 24.2. The van der Waals surface area contributed by atoms with E-state index < -0.39 is 5.97 Å². The summed E-state index contributed by atoms with van der Waals surface area (Å²) in [6.07, 6.45) is 3.89. The molecule has 1 aromatic rings. The molecule has 0 spiro atoms. The molecular formula is C22H33NO6. The van der Waals surface area contributed by atoms with Crippen molar-refractivity contribution in [1.29, 1.82) is 0 Å². The van der Waals surface area contributed by atoms with Crippen LogP contribution >= 0.6 is 0 Å². The van der Waals surface area contributed by atoms with Crippen LogP contribution in [0.5, 0.6) is 17.2 Å². The van der Waals surface area contributed by atoms with E-state index in [4.69, 9.17) is 18.9 Å². The third-order valence-electron chi connectivity index (χ3n) is 5.76. The minimum absolute atomic E-state index is 0.156. The lowest BCUT2D eigenvalue weighted by molar-refractivity contribution is -0.148. The van der Waals surface area contributed by atoms with E-state index in [-0.39, 0.29) is 25.0 Å². The first kappa shape index (κ1) is 22.8. The zero-order valence-electron chi connectivity index (χ0n) is 18.1. The van der Waals surface area contributed by atoms with Crippen molar-refractivity contribution in [2.75, 3.05) is 27.9 Å². The largest absolute Gasteiger partial charge is 0.493 e. The van der Waals surface area contributed by atoms with Crippen LogP contribution in [0.25, 0.3) is 0 Å². The first-order valence-corrected chi connectivity index (χ1v) is 10.1. The summed E-state index contributed by atoms with van der Waals surface area (Å²) >= 11 is 0. The molecule has 1 saturated carbocycles. The number of hydrogen-bond acceptors (Lipinski definition) is 6. The topological polar surface area (TPSA) is 83.1 Å². The zero-order valence-corrected chi connectivity index (χ0v) is 18.1. The summed E-state index contributed by atoms with van der Waals surface area (Å²) < 4.78 is 21.1. The van der Waals surface area contributed by atoms with E-state index in [1.54, 1.807) is 26.4 Å². The maximum absolute atomic E-state index is 12.1. The highest BCUT2D eigenvalue weighted by Gasteiger charge is 2.28. The van der Waals surface area contributed by atoms with Crippen LogP contribution in [0.4, 0.5) is 0 Å². The predicted octanol–water partition coefficient (Wildman–Crippen LogP) is 3.13. The van der Waals surface area contributed by atoms with E-state index in [9.17, 15) is 9.59 Å². The van der Waals surface area contributed by atoms with E-state index >= 15 is 0 Å². The van der Waals surface area contributed by atoms with E-state index in [1.165, 1.54) is 13.5 Å². The number of amides is 1. The molecule has 1 fully saturated rings. The number of methoxy groups -OCH3 is 3. The standard InChI is InChI=1S/C22H33NO6/c1-14-7-6-8-17(15(14)2)23-20(24)13-29-21(25)10-9-16-11-18(26-3)22(28-5)19(12-16)27-4/h11-12,14-15,17H,6-10,13H2,1-5H3,(H,23,24)/t14-,15+,17-/m0/s1. The van der Waals surface area contributed by atoms with Gasteiger partial charge in [-0.25, -0.2) is 0 Å². The van der Waals surface area contributed by atoms with Gasteiger partial charge in [-0.1, -0.05) is 26.7 Å². The molecule has 3 atom stereocenters. The Kier molecular flexibility index (Phi) is 8.61. The molecule has 0 aromatic heterocycles. The van der Waals surface area contributed by atoms with Crippen LogP contribution in [0.3, 0.4) is 0 Å². The van der Waals surface area contributed by atoms with E-state index in [2.05, 4.69) is 19.2 Å². The molecule has 0 radical (unpaired) electrons. The fourth-order valence-corrected chi connectivity index (χ4v) is 3.78. The average molecular weight is 408 g/mol. The van der Waals surface area contributed by atoms with Gasteiger partial charge in [0.25, 0.3) is 5.91 Å². The number of ether oxygens (including phenoxy) is 4. The van der Waals surface area contributed by atoms with Crippen molar-refractivity contribution >= 4 is 11.9 Å². The lowest BCUT2D eigenvalue weighted by atomic mass is 9.78. The first-order chi connectivity index (χ1) is 13.9. The molecule has 1 N–H and O–H groups in total. The van der Waals surface area contributed by atoms with Crippen LogP contribution in [0.1, 0.15) is 45.1 Å². The Labute approximate surface area is 173 Å². The van der Waals surface area contributed by atoms with Gasteiger partial charge in [-0.2, -0.15) is 0 Å². The second kappa shape index (κ2) is 10.9. The fourth-order valence-electron chi connectivity index (χ4n) is 3.78. The van der Waals surface area contributed by atoms with Gasteiger partial charge in [-0.3, -0.25) is 9.59 Å². The van der Waals surface area contributed by atoms with Crippen LogP contribution in [0, 0.1) is 11.8 Å². The van der Waals surface area contributed by atoms with Crippen molar-refractivity contribution in [3.05, 3.63) is 17.7 Å². The third-order valence-corrected chi connectivity index (χ3v) is 5.76. The first-order valence-electron chi connectivity index (χ1n) is 10.1. The number of esters is 1. The number of rotatable bonds is 9. The van der Waals surface area contributed by atoms with Crippen molar-refractivity contribution in [2.24, 2.45) is 11.8 Å². The average Bonchev–Trinajstić information content (AvgIpc) is 2.73. The van der Waals surface area contributed by atoms with E-state index in [0.717, 1.165) is 18.4 Å². The highest BCUT2D eigenvalue weighted by atomic mass is 16.5. The highest BCUT2D eigenvalue weighted by Crippen LogP contribution is 2.38. The van der Waals surface area contributed by atoms with Gasteiger partial charge in [0.15, 0.2) is 18.1 Å². The Morgan fingerprint density at radius 1 is 1.03 bits per heavy atom. The molecule has 162 valence electrons. The number of benzene rings is 1. The summed E-state index contributed by atoms with van der Waals surface area (Å²) in [5.74, 6) is 1.94. The molecule has 29 heavy (non-hydrogen) atoms. The maximum atomic E-state index is 12.1. The summed E-state index contributed by atoms with van der Waals surface area (Å²) in [6.45, 7) is 4.13. The molecular weight excluding hydrogens is 374 g/mol. The van der Waals surface area contributed by atoms with E-state index in [0.29, 0.717) is 35.5 Å². The predicted molar refractivity (Wildman–Crippen MR) is 109 cm³/mol. The smallest absolute Gasteiger partial charge is 0.306 e. The second-order valence-electron chi connectivity index (χ2n) is 7.64. The highest BCUT2D eigenvalue weighted by molar-refractivity contribution is 5.80. The minimum atomic E-state index is -0.418. The molecule has 1 amide bonds. The molecule has 0 aliphatic heterocycles. The Hall–Kier alpha value is -2.44. The van der Waals surface area contributed by atoms with Crippen LogP contribution in [-0.2, 0) is 20.7 Å². The van der Waals surface area contributed by atoms with Crippen molar-refractivity contribution in [3.8, 4) is 17.2 Å². The second-order valence-corrected chi connectivity index (χ2v) is 7.64. The molecule has 0 saturated heterocycles. The van der Waals surface area contributed by atoms with Crippen LogP contribution in [0.2, 0.25) is 0 Å². The number of hydrogen-bond donors (Lipinski definition) is 1. The molecule has 1 aliphatic rings. The Balaban J connectivity index is 1.82. The molecule has 0 unspecified atom stereocenters. The monoisotopic (exact) mass is 407 g/mol. The van der Waals surface area contributed by atoms with Crippen molar-refractivity contribution < 1.29 is 28.5 Å². The van der Waals surface area contributed by atoms with Gasteiger partial charge in [-0.15, -0.1) is 0 Å². The zero-order chi connectivity index (χ0) is 21.4. The molecule has 7 nitrogen and oxygen atoms in total. The van der Waals surface area contributed by atoms with Gasteiger partial charge < -0.3 is 24.3 Å². The van der Waals surface area contributed by atoms with E-state index in [1.807, 2.05) is 0 Å². The molecule has 0 heterocycles. The molecule has 2 rings (SSSR count). The number of nitrogens with one attached hydrogen (secondary N) is 1. The van der Waals surface area contributed by atoms with Crippen molar-refractivity contribution in [3.63, 3.8) is 0 Å². The number of carbonyl (C=O) groups excluding carboxylic acids is 2. The molecule has 1 aromatic carbocycles. The Morgan fingerprint density at radius 3 is 2.28 bits per heavy atom. The van der Waals surface area contributed by atoms with Gasteiger partial charge in [0.05, 0.1) is 21.3 Å². The Morgan fingerprint density at radius 2 is 1.69 bits per heavy atom.